The van der Waals surface area contributed by atoms with Crippen LogP contribution in [0.2, 0.25) is 6.04 Å². The van der Waals surface area contributed by atoms with E-state index in [1.165, 1.54) is 29.3 Å². The van der Waals surface area contributed by atoms with E-state index in [1.54, 1.807) is 0 Å². The van der Waals surface area contributed by atoms with E-state index in [-0.39, 0.29) is 0 Å². The molecule has 0 bridgehead atoms. The van der Waals surface area contributed by atoms with E-state index in [2.05, 4.69) is 60.7 Å². The van der Waals surface area contributed by atoms with Crippen LogP contribution in [-0.4, -0.2) is 18.2 Å². The first-order valence-electron chi connectivity index (χ1n) is 7.42. The molecule has 3 rings (SSSR count). The summed E-state index contributed by atoms with van der Waals surface area (Å²) in [5, 5.41) is 2.83. The van der Waals surface area contributed by atoms with Crippen molar-refractivity contribution in [2.75, 3.05) is 6.61 Å². The van der Waals surface area contributed by atoms with E-state index in [9.17, 15) is 0 Å². The first-order chi connectivity index (χ1) is 10.9. The summed E-state index contributed by atoms with van der Waals surface area (Å²) in [5.74, 6) is 0. The Balaban J connectivity index is 0.000000338. The van der Waals surface area contributed by atoms with Gasteiger partial charge in [-0.2, -0.15) is 0 Å². The van der Waals surface area contributed by atoms with Crippen LogP contribution in [-0.2, 0) is 4.43 Å². The fraction of sp³-hybridized carbons (Fsp3) is 0.294. The zero-order valence-electron chi connectivity index (χ0n) is 12.5. The summed E-state index contributed by atoms with van der Waals surface area (Å²) in [7, 11) is -1.93. The van der Waals surface area contributed by atoms with Gasteiger partial charge in [0.05, 0.1) is 0 Å². The van der Waals surface area contributed by atoms with Gasteiger partial charge in [0, 0.05) is 6.61 Å². The summed E-state index contributed by atoms with van der Waals surface area (Å²) in [5.41, 5.74) is 0. The molecule has 0 atom stereocenters. The molecule has 0 aromatic heterocycles. The largest absolute Gasteiger partial charge is 0.408 e. The van der Waals surface area contributed by atoms with Gasteiger partial charge in [0.2, 0.25) is 0 Å². The van der Waals surface area contributed by atoms with Gasteiger partial charge >= 0.3 is 0 Å². The summed E-state index contributed by atoms with van der Waals surface area (Å²) in [4.78, 5) is 0. The maximum Gasteiger partial charge on any atom is 0.266 e. The number of hydrogen-bond donors (Lipinski definition) is 0. The van der Waals surface area contributed by atoms with Gasteiger partial charge in [-0.15, -0.1) is 0 Å². The fourth-order valence-corrected chi connectivity index (χ4v) is 6.92. The van der Waals surface area contributed by atoms with Crippen molar-refractivity contribution < 1.29 is 4.43 Å². The van der Waals surface area contributed by atoms with Crippen LogP contribution < -0.4 is 10.4 Å². The average Bonchev–Trinajstić information content (AvgIpc) is 2.56. The van der Waals surface area contributed by atoms with Gasteiger partial charge in [-0.25, -0.2) is 0 Å². The number of alkyl halides is 4. The quantitative estimate of drug-likeness (QED) is 0.496. The molecule has 1 aliphatic heterocycles. The van der Waals surface area contributed by atoms with Crippen molar-refractivity contribution in [1.82, 2.24) is 0 Å². The monoisotopic (exact) mass is 406 g/mol. The lowest BCUT2D eigenvalue weighted by Crippen LogP contribution is -2.62. The molecule has 1 nitrogen and oxygen atoms in total. The summed E-state index contributed by atoms with van der Waals surface area (Å²) in [6.07, 6.45) is 2.49. The Bertz CT molecular complexity index is 533. The molecule has 6 heteroatoms. The molecule has 0 radical (unpaired) electrons. The molecular formula is C17H18Cl4OSi. The van der Waals surface area contributed by atoms with Crippen LogP contribution >= 0.6 is 46.4 Å². The highest BCUT2D eigenvalue weighted by Crippen LogP contribution is 2.29. The lowest BCUT2D eigenvalue weighted by molar-refractivity contribution is 0.284. The SMILES string of the molecule is ClC(Cl)(Cl)Cl.c1ccc([Si]2(c3ccccc3)CCCCO2)cc1. The minimum absolute atomic E-state index is 0.913. The van der Waals surface area contributed by atoms with Crippen LogP contribution in [0.3, 0.4) is 0 Å². The van der Waals surface area contributed by atoms with Crippen molar-refractivity contribution in [3.63, 3.8) is 0 Å². The van der Waals surface area contributed by atoms with Crippen molar-refractivity contribution >= 4 is 65.1 Å². The highest BCUT2D eigenvalue weighted by molar-refractivity contribution is 6.97. The van der Waals surface area contributed by atoms with Crippen molar-refractivity contribution in [2.45, 2.75) is 22.1 Å². The number of hydrogen-bond acceptors (Lipinski definition) is 1. The van der Waals surface area contributed by atoms with Gasteiger partial charge in [0.15, 0.2) is 0 Å². The molecule has 1 heterocycles. The lowest BCUT2D eigenvalue weighted by atomic mass is 10.3. The van der Waals surface area contributed by atoms with E-state index >= 15 is 0 Å². The normalized spacial score (nSPS) is 17.0. The predicted octanol–water partition coefficient (Wildman–Crippen LogP) is 5.11. The van der Waals surface area contributed by atoms with Crippen molar-refractivity contribution in [2.24, 2.45) is 0 Å². The van der Waals surface area contributed by atoms with Crippen LogP contribution in [0, 0.1) is 0 Å². The van der Waals surface area contributed by atoms with Gasteiger partial charge in [0.25, 0.3) is 11.6 Å². The molecule has 0 unspecified atom stereocenters. The van der Waals surface area contributed by atoms with E-state index in [4.69, 9.17) is 50.8 Å². The first kappa shape index (κ1) is 19.1. The molecule has 2 aromatic rings. The summed E-state index contributed by atoms with van der Waals surface area (Å²) in [6, 6.07) is 22.9. The van der Waals surface area contributed by atoms with Crippen LogP contribution in [0.1, 0.15) is 12.8 Å². The van der Waals surface area contributed by atoms with Gasteiger partial charge < -0.3 is 4.43 Å². The number of halogens is 4. The number of rotatable bonds is 2. The average molecular weight is 408 g/mol. The molecule has 124 valence electrons. The minimum Gasteiger partial charge on any atom is -0.408 e. The molecular weight excluding hydrogens is 390 g/mol. The Hall–Kier alpha value is -0.223. The topological polar surface area (TPSA) is 9.23 Å². The molecule has 1 saturated heterocycles. The highest BCUT2D eigenvalue weighted by atomic mass is 35.6. The van der Waals surface area contributed by atoms with Crippen LogP contribution in [0.5, 0.6) is 0 Å². The molecule has 1 aliphatic rings. The minimum atomic E-state index is -1.93. The third kappa shape index (κ3) is 5.97. The first-order valence-corrected chi connectivity index (χ1v) is 11.1. The Morgan fingerprint density at radius 1 is 0.739 bits per heavy atom. The third-order valence-corrected chi connectivity index (χ3v) is 8.04. The van der Waals surface area contributed by atoms with Gasteiger partial charge in [-0.05, 0) is 22.8 Å². The van der Waals surface area contributed by atoms with Gasteiger partial charge in [-0.3, -0.25) is 0 Å². The van der Waals surface area contributed by atoms with Crippen LogP contribution in [0.15, 0.2) is 60.7 Å². The van der Waals surface area contributed by atoms with E-state index in [0.717, 1.165) is 6.61 Å². The summed E-state index contributed by atoms with van der Waals surface area (Å²) < 4.78 is 4.77. The Morgan fingerprint density at radius 2 is 1.17 bits per heavy atom. The molecule has 0 amide bonds. The van der Waals surface area contributed by atoms with E-state index < -0.39 is 11.6 Å². The third-order valence-electron chi connectivity index (χ3n) is 3.75. The molecule has 2 aromatic carbocycles. The van der Waals surface area contributed by atoms with E-state index in [1.807, 2.05) is 0 Å². The van der Waals surface area contributed by atoms with E-state index in [0.29, 0.717) is 0 Å². The molecule has 0 spiro atoms. The standard InChI is InChI=1S/C16H18OSi.CCl4/c1-3-9-15(10-4-1)18(14-8-7-13-17-18)16-11-5-2-6-12-16;2-1(3,4)5/h1-6,9-12H,7-8,13-14H2;. The van der Waals surface area contributed by atoms with Crippen LogP contribution in [0.4, 0.5) is 0 Å². The lowest BCUT2D eigenvalue weighted by Gasteiger charge is -2.35. The molecule has 1 fully saturated rings. The number of benzene rings is 2. The smallest absolute Gasteiger partial charge is 0.266 e. The fourth-order valence-electron chi connectivity index (χ4n) is 2.83. The molecule has 0 saturated carbocycles. The maximum atomic E-state index is 6.38. The second-order valence-corrected chi connectivity index (χ2v) is 12.3. The predicted molar refractivity (Wildman–Crippen MR) is 104 cm³/mol. The Labute approximate surface area is 158 Å². The summed E-state index contributed by atoms with van der Waals surface area (Å²) in [6.45, 7) is 0.913. The van der Waals surface area contributed by atoms with Crippen LogP contribution in [0.25, 0.3) is 0 Å². The molecule has 0 N–H and O–H groups in total. The van der Waals surface area contributed by atoms with Crippen molar-refractivity contribution in [1.29, 1.82) is 0 Å². The van der Waals surface area contributed by atoms with Crippen molar-refractivity contribution in [3.05, 3.63) is 60.7 Å². The maximum absolute atomic E-state index is 6.38. The Morgan fingerprint density at radius 3 is 1.52 bits per heavy atom. The second kappa shape index (κ2) is 8.75. The van der Waals surface area contributed by atoms with Gasteiger partial charge in [0.1, 0.15) is 0 Å². The molecule has 0 aliphatic carbocycles. The summed E-state index contributed by atoms with van der Waals surface area (Å²) >= 11 is 19.3. The Kier molecular flexibility index (Phi) is 7.27. The molecule has 23 heavy (non-hydrogen) atoms. The zero-order chi connectivity index (χ0) is 16.8. The zero-order valence-corrected chi connectivity index (χ0v) is 16.5. The highest BCUT2D eigenvalue weighted by Gasteiger charge is 2.40. The van der Waals surface area contributed by atoms with Crippen molar-refractivity contribution in [3.8, 4) is 0 Å². The van der Waals surface area contributed by atoms with Gasteiger partial charge in [-0.1, -0.05) is 113 Å². The second-order valence-electron chi connectivity index (χ2n) is 5.29.